The lowest BCUT2D eigenvalue weighted by Crippen LogP contribution is -2.41. The summed E-state index contributed by atoms with van der Waals surface area (Å²) in [5, 5.41) is 10.4. The summed E-state index contributed by atoms with van der Waals surface area (Å²) in [7, 11) is 1.73. The zero-order chi connectivity index (χ0) is 17.3. The van der Waals surface area contributed by atoms with Crippen molar-refractivity contribution in [1.82, 2.24) is 14.9 Å². The summed E-state index contributed by atoms with van der Waals surface area (Å²) in [6.07, 6.45) is 4.45. The SMILES string of the molecule is Cc1cc2nc(CN(C)C(=O)[C@H](O)C3CCCCC3)[nH]c2cc1C. The molecule has 24 heavy (non-hydrogen) atoms. The fourth-order valence-electron chi connectivity index (χ4n) is 3.58. The second kappa shape index (κ2) is 6.93. The van der Waals surface area contributed by atoms with Gasteiger partial charge in [-0.15, -0.1) is 0 Å². The molecule has 1 saturated carbocycles. The molecule has 1 heterocycles. The number of benzene rings is 1. The maximum atomic E-state index is 12.5. The maximum absolute atomic E-state index is 12.5. The number of nitrogens with one attached hydrogen (secondary N) is 1. The Hall–Kier alpha value is -1.88. The molecule has 1 aliphatic rings. The van der Waals surface area contributed by atoms with Crippen molar-refractivity contribution in [2.75, 3.05) is 7.05 Å². The highest BCUT2D eigenvalue weighted by Crippen LogP contribution is 2.27. The lowest BCUT2D eigenvalue weighted by atomic mass is 9.85. The molecule has 5 nitrogen and oxygen atoms in total. The summed E-state index contributed by atoms with van der Waals surface area (Å²) in [5.41, 5.74) is 4.33. The molecule has 0 bridgehead atoms. The molecule has 1 aliphatic carbocycles. The molecule has 0 unspecified atom stereocenters. The van der Waals surface area contributed by atoms with E-state index in [4.69, 9.17) is 0 Å². The Bertz CT molecular complexity index is 693. The molecule has 1 fully saturated rings. The van der Waals surface area contributed by atoms with Gasteiger partial charge in [-0.25, -0.2) is 4.98 Å². The first-order chi connectivity index (χ1) is 11.5. The average molecular weight is 329 g/mol. The van der Waals surface area contributed by atoms with E-state index < -0.39 is 6.10 Å². The monoisotopic (exact) mass is 329 g/mol. The first kappa shape index (κ1) is 17.0. The number of aromatic nitrogens is 2. The largest absolute Gasteiger partial charge is 0.383 e. The number of carbonyl (C=O) groups excluding carboxylic acids is 1. The van der Waals surface area contributed by atoms with Gasteiger partial charge in [0, 0.05) is 7.05 Å². The van der Waals surface area contributed by atoms with Crippen LogP contribution in [0.2, 0.25) is 0 Å². The van der Waals surface area contributed by atoms with Gasteiger partial charge in [-0.05, 0) is 55.9 Å². The fraction of sp³-hybridized carbons (Fsp3) is 0.579. The summed E-state index contributed by atoms with van der Waals surface area (Å²) >= 11 is 0. The van der Waals surface area contributed by atoms with Crippen LogP contribution in [0.15, 0.2) is 12.1 Å². The molecule has 5 heteroatoms. The van der Waals surface area contributed by atoms with Gasteiger partial charge in [0.1, 0.15) is 11.9 Å². The standard InChI is InChI=1S/C19H27N3O2/c1-12-9-15-16(10-13(12)2)21-17(20-15)11-22(3)19(24)18(23)14-7-5-4-6-8-14/h9-10,14,18,23H,4-8,11H2,1-3H3,(H,20,21)/t18-/m1/s1. The molecule has 0 aliphatic heterocycles. The van der Waals surface area contributed by atoms with Crippen LogP contribution in [-0.4, -0.2) is 39.0 Å². The van der Waals surface area contributed by atoms with Crippen LogP contribution >= 0.6 is 0 Å². The van der Waals surface area contributed by atoms with E-state index in [0.717, 1.165) is 42.5 Å². The molecule has 1 aromatic carbocycles. The van der Waals surface area contributed by atoms with E-state index in [1.807, 2.05) is 0 Å². The van der Waals surface area contributed by atoms with Crippen molar-refractivity contribution in [2.45, 2.75) is 58.6 Å². The van der Waals surface area contributed by atoms with E-state index in [1.165, 1.54) is 17.5 Å². The van der Waals surface area contributed by atoms with Crippen molar-refractivity contribution in [3.05, 3.63) is 29.1 Å². The van der Waals surface area contributed by atoms with E-state index in [-0.39, 0.29) is 11.8 Å². The third-order valence-electron chi connectivity index (χ3n) is 5.26. The second-order valence-electron chi connectivity index (χ2n) is 7.17. The van der Waals surface area contributed by atoms with Crippen molar-refractivity contribution in [3.8, 4) is 0 Å². The van der Waals surface area contributed by atoms with Crippen LogP contribution in [0.4, 0.5) is 0 Å². The summed E-state index contributed by atoms with van der Waals surface area (Å²) in [4.78, 5) is 21.9. The Balaban J connectivity index is 1.69. The number of amides is 1. The number of carbonyl (C=O) groups is 1. The van der Waals surface area contributed by atoms with E-state index >= 15 is 0 Å². The Kier molecular flexibility index (Phi) is 4.90. The number of H-pyrrole nitrogens is 1. The van der Waals surface area contributed by atoms with Crippen LogP contribution in [0.1, 0.15) is 49.1 Å². The van der Waals surface area contributed by atoms with Gasteiger partial charge in [-0.2, -0.15) is 0 Å². The third kappa shape index (κ3) is 3.46. The van der Waals surface area contributed by atoms with Crippen molar-refractivity contribution < 1.29 is 9.90 Å². The van der Waals surface area contributed by atoms with Crippen molar-refractivity contribution in [3.63, 3.8) is 0 Å². The van der Waals surface area contributed by atoms with Gasteiger partial charge < -0.3 is 15.0 Å². The molecule has 1 aromatic heterocycles. The topological polar surface area (TPSA) is 69.2 Å². The van der Waals surface area contributed by atoms with E-state index in [0.29, 0.717) is 6.54 Å². The molecule has 0 radical (unpaired) electrons. The number of aliphatic hydroxyl groups is 1. The number of hydrogen-bond donors (Lipinski definition) is 2. The lowest BCUT2D eigenvalue weighted by molar-refractivity contribution is -0.143. The summed E-state index contributed by atoms with van der Waals surface area (Å²) < 4.78 is 0. The number of aromatic amines is 1. The number of likely N-dealkylation sites (N-methyl/N-ethyl adjacent to an activating group) is 1. The highest BCUT2D eigenvalue weighted by molar-refractivity contribution is 5.81. The van der Waals surface area contributed by atoms with Gasteiger partial charge in [0.05, 0.1) is 17.6 Å². The number of nitrogens with zero attached hydrogens (tertiary/aromatic N) is 2. The summed E-state index contributed by atoms with van der Waals surface area (Å²) in [5.74, 6) is 0.658. The Morgan fingerprint density at radius 3 is 2.67 bits per heavy atom. The molecule has 2 N–H and O–H groups in total. The smallest absolute Gasteiger partial charge is 0.251 e. The summed E-state index contributed by atoms with van der Waals surface area (Å²) in [6, 6.07) is 4.14. The second-order valence-corrected chi connectivity index (χ2v) is 7.17. The number of aryl methyl sites for hydroxylation is 2. The third-order valence-corrected chi connectivity index (χ3v) is 5.26. The summed E-state index contributed by atoms with van der Waals surface area (Å²) in [6.45, 7) is 4.53. The molecule has 0 spiro atoms. The Morgan fingerprint density at radius 2 is 1.96 bits per heavy atom. The molecular formula is C19H27N3O2. The number of imidazole rings is 1. The van der Waals surface area contributed by atoms with Crippen molar-refractivity contribution >= 4 is 16.9 Å². The predicted octanol–water partition coefficient (Wildman–Crippen LogP) is 3.08. The zero-order valence-electron chi connectivity index (χ0n) is 14.8. The van der Waals surface area contributed by atoms with Gasteiger partial charge >= 0.3 is 0 Å². The van der Waals surface area contributed by atoms with Gasteiger partial charge in [-0.1, -0.05) is 19.3 Å². The van der Waals surface area contributed by atoms with Gasteiger partial charge in [0.2, 0.25) is 0 Å². The minimum absolute atomic E-state index is 0.106. The van der Waals surface area contributed by atoms with Crippen LogP contribution in [0.3, 0.4) is 0 Å². The van der Waals surface area contributed by atoms with E-state index in [9.17, 15) is 9.90 Å². The highest BCUT2D eigenvalue weighted by Gasteiger charge is 2.29. The van der Waals surface area contributed by atoms with Crippen molar-refractivity contribution in [1.29, 1.82) is 0 Å². The minimum Gasteiger partial charge on any atom is -0.383 e. The molecule has 130 valence electrons. The lowest BCUT2D eigenvalue weighted by Gasteiger charge is -2.28. The number of rotatable bonds is 4. The van der Waals surface area contributed by atoms with Crippen molar-refractivity contribution in [2.24, 2.45) is 5.92 Å². The normalized spacial score (nSPS) is 17.2. The molecule has 0 saturated heterocycles. The predicted molar refractivity (Wildman–Crippen MR) is 94.6 cm³/mol. The van der Waals surface area contributed by atoms with E-state index in [1.54, 1.807) is 11.9 Å². The Morgan fingerprint density at radius 1 is 1.29 bits per heavy atom. The number of hydrogen-bond acceptors (Lipinski definition) is 3. The van der Waals surface area contributed by atoms with Gasteiger partial charge in [0.15, 0.2) is 0 Å². The molecule has 2 aromatic rings. The quantitative estimate of drug-likeness (QED) is 0.905. The number of aliphatic hydroxyl groups excluding tert-OH is 1. The molecule has 1 atom stereocenters. The zero-order valence-corrected chi connectivity index (χ0v) is 14.8. The van der Waals surface area contributed by atoms with Crippen LogP contribution in [0.25, 0.3) is 11.0 Å². The number of fused-ring (bicyclic) bond motifs is 1. The van der Waals surface area contributed by atoms with Crippen LogP contribution in [0.5, 0.6) is 0 Å². The molecule has 1 amide bonds. The minimum atomic E-state index is -0.885. The first-order valence-corrected chi connectivity index (χ1v) is 8.84. The fourth-order valence-corrected chi connectivity index (χ4v) is 3.58. The van der Waals surface area contributed by atoms with Crippen LogP contribution in [0, 0.1) is 19.8 Å². The van der Waals surface area contributed by atoms with E-state index in [2.05, 4.69) is 35.9 Å². The van der Waals surface area contributed by atoms with Gasteiger partial charge in [-0.3, -0.25) is 4.79 Å². The highest BCUT2D eigenvalue weighted by atomic mass is 16.3. The maximum Gasteiger partial charge on any atom is 0.251 e. The molecule has 3 rings (SSSR count). The van der Waals surface area contributed by atoms with Crippen LogP contribution < -0.4 is 0 Å². The van der Waals surface area contributed by atoms with Gasteiger partial charge in [0.25, 0.3) is 5.91 Å². The molecular weight excluding hydrogens is 302 g/mol. The Labute approximate surface area is 143 Å². The first-order valence-electron chi connectivity index (χ1n) is 8.84. The average Bonchev–Trinajstić information content (AvgIpc) is 2.95. The van der Waals surface area contributed by atoms with Crippen LogP contribution in [-0.2, 0) is 11.3 Å².